The minimum Gasteiger partial charge on any atom is -0.481 e. The first-order valence-electron chi connectivity index (χ1n) is 7.16. The molecule has 0 saturated carbocycles. The standard InChI is InChI=1S/C16H23NO3S/c1-3-16(2,15(19)20)12-17-14(18)10-7-11-21-13-8-5-4-6-9-13/h4-6,8-9H,3,7,10-12H2,1-2H3,(H,17,18)(H,19,20). The number of benzene rings is 1. The van der Waals surface area contributed by atoms with Crippen LogP contribution in [-0.2, 0) is 9.59 Å². The summed E-state index contributed by atoms with van der Waals surface area (Å²) in [6, 6.07) is 10.1. The van der Waals surface area contributed by atoms with Crippen molar-refractivity contribution in [2.75, 3.05) is 12.3 Å². The molecule has 0 fully saturated rings. The lowest BCUT2D eigenvalue weighted by Gasteiger charge is -2.23. The number of amides is 1. The number of aliphatic carboxylic acids is 1. The van der Waals surface area contributed by atoms with Crippen molar-refractivity contribution in [2.24, 2.45) is 5.41 Å². The molecule has 1 aromatic rings. The zero-order chi connectivity index (χ0) is 15.7. The van der Waals surface area contributed by atoms with Crippen LogP contribution in [0.1, 0.15) is 33.1 Å². The monoisotopic (exact) mass is 309 g/mol. The molecule has 4 nitrogen and oxygen atoms in total. The Morgan fingerprint density at radius 3 is 2.52 bits per heavy atom. The molecular formula is C16H23NO3S. The van der Waals surface area contributed by atoms with E-state index in [1.54, 1.807) is 18.7 Å². The van der Waals surface area contributed by atoms with E-state index in [0.717, 1.165) is 12.2 Å². The second kappa shape index (κ2) is 8.72. The minimum absolute atomic E-state index is 0.0791. The van der Waals surface area contributed by atoms with Crippen molar-refractivity contribution in [2.45, 2.75) is 38.0 Å². The van der Waals surface area contributed by atoms with Crippen molar-refractivity contribution in [3.05, 3.63) is 30.3 Å². The summed E-state index contributed by atoms with van der Waals surface area (Å²) in [6.07, 6.45) is 1.70. The van der Waals surface area contributed by atoms with E-state index in [1.807, 2.05) is 37.3 Å². The van der Waals surface area contributed by atoms with E-state index in [9.17, 15) is 9.59 Å². The van der Waals surface area contributed by atoms with Gasteiger partial charge in [0.2, 0.25) is 5.91 Å². The number of carbonyl (C=O) groups excluding carboxylic acids is 1. The van der Waals surface area contributed by atoms with Gasteiger partial charge in [0.25, 0.3) is 0 Å². The fraction of sp³-hybridized carbons (Fsp3) is 0.500. The second-order valence-electron chi connectivity index (χ2n) is 5.26. The molecule has 1 rings (SSSR count). The zero-order valence-electron chi connectivity index (χ0n) is 12.6. The minimum atomic E-state index is -0.881. The largest absolute Gasteiger partial charge is 0.481 e. The maximum atomic E-state index is 11.7. The summed E-state index contributed by atoms with van der Waals surface area (Å²) in [7, 11) is 0. The maximum absolute atomic E-state index is 11.7. The molecule has 1 amide bonds. The van der Waals surface area contributed by atoms with E-state index < -0.39 is 11.4 Å². The Morgan fingerprint density at radius 2 is 1.95 bits per heavy atom. The normalized spacial score (nSPS) is 13.4. The van der Waals surface area contributed by atoms with E-state index in [2.05, 4.69) is 5.32 Å². The Hall–Kier alpha value is -1.49. The van der Waals surface area contributed by atoms with Gasteiger partial charge in [0, 0.05) is 17.9 Å². The number of carbonyl (C=O) groups is 2. The first-order valence-corrected chi connectivity index (χ1v) is 8.14. The molecule has 116 valence electrons. The van der Waals surface area contributed by atoms with Gasteiger partial charge < -0.3 is 10.4 Å². The molecule has 5 heteroatoms. The molecule has 1 atom stereocenters. The molecule has 0 aliphatic rings. The molecular weight excluding hydrogens is 286 g/mol. The molecule has 0 saturated heterocycles. The summed E-state index contributed by atoms with van der Waals surface area (Å²) in [6.45, 7) is 3.65. The third-order valence-electron chi connectivity index (χ3n) is 3.53. The second-order valence-corrected chi connectivity index (χ2v) is 6.43. The van der Waals surface area contributed by atoms with Crippen molar-refractivity contribution < 1.29 is 14.7 Å². The van der Waals surface area contributed by atoms with Crippen LogP contribution in [0.3, 0.4) is 0 Å². The zero-order valence-corrected chi connectivity index (χ0v) is 13.4. The molecule has 0 aromatic heterocycles. The molecule has 1 unspecified atom stereocenters. The highest BCUT2D eigenvalue weighted by atomic mass is 32.2. The summed E-state index contributed by atoms with van der Waals surface area (Å²) in [4.78, 5) is 24.1. The molecule has 0 aliphatic heterocycles. The fourth-order valence-electron chi connectivity index (χ4n) is 1.67. The predicted octanol–water partition coefficient (Wildman–Crippen LogP) is 3.18. The van der Waals surface area contributed by atoms with Gasteiger partial charge in [0.1, 0.15) is 0 Å². The SMILES string of the molecule is CCC(C)(CNC(=O)CCCSc1ccccc1)C(=O)O. The van der Waals surface area contributed by atoms with Crippen molar-refractivity contribution in [1.82, 2.24) is 5.32 Å². The number of hydrogen-bond donors (Lipinski definition) is 2. The van der Waals surface area contributed by atoms with E-state index in [1.165, 1.54) is 4.90 Å². The van der Waals surface area contributed by atoms with Crippen LogP contribution in [0.5, 0.6) is 0 Å². The quantitative estimate of drug-likeness (QED) is 0.543. The Labute approximate surface area is 130 Å². The summed E-state index contributed by atoms with van der Waals surface area (Å²) in [5.41, 5.74) is -0.881. The van der Waals surface area contributed by atoms with Crippen molar-refractivity contribution in [1.29, 1.82) is 0 Å². The number of hydrogen-bond acceptors (Lipinski definition) is 3. The molecule has 0 heterocycles. The Bertz CT molecular complexity index is 464. The first-order chi connectivity index (χ1) is 9.98. The number of carboxylic acids is 1. The Balaban J connectivity index is 2.21. The highest BCUT2D eigenvalue weighted by Gasteiger charge is 2.31. The molecule has 21 heavy (non-hydrogen) atoms. The summed E-state index contributed by atoms with van der Waals surface area (Å²) in [5.74, 6) is -0.0731. The average molecular weight is 309 g/mol. The average Bonchev–Trinajstić information content (AvgIpc) is 2.50. The van der Waals surface area contributed by atoms with Gasteiger partial charge in [0.15, 0.2) is 0 Å². The summed E-state index contributed by atoms with van der Waals surface area (Å²) in [5, 5.41) is 11.9. The third kappa shape index (κ3) is 6.21. The van der Waals surface area contributed by atoms with Gasteiger partial charge >= 0.3 is 5.97 Å². The molecule has 0 radical (unpaired) electrons. The first kappa shape index (κ1) is 17.6. The van der Waals surface area contributed by atoms with Gasteiger partial charge in [-0.15, -0.1) is 11.8 Å². The van der Waals surface area contributed by atoms with Crippen molar-refractivity contribution >= 4 is 23.6 Å². The van der Waals surface area contributed by atoms with Crippen LogP contribution in [0, 0.1) is 5.41 Å². The highest BCUT2D eigenvalue weighted by molar-refractivity contribution is 7.99. The Kier molecular flexibility index (Phi) is 7.29. The van der Waals surface area contributed by atoms with Gasteiger partial charge in [-0.25, -0.2) is 0 Å². The van der Waals surface area contributed by atoms with Crippen LogP contribution in [0.4, 0.5) is 0 Å². The van der Waals surface area contributed by atoms with Gasteiger partial charge in [-0.05, 0) is 37.7 Å². The van der Waals surface area contributed by atoms with Crippen LogP contribution in [-0.4, -0.2) is 29.3 Å². The van der Waals surface area contributed by atoms with Crippen LogP contribution >= 0.6 is 11.8 Å². The molecule has 0 bridgehead atoms. The smallest absolute Gasteiger partial charge is 0.311 e. The topological polar surface area (TPSA) is 66.4 Å². The van der Waals surface area contributed by atoms with Crippen LogP contribution in [0.15, 0.2) is 35.2 Å². The number of nitrogens with one attached hydrogen (secondary N) is 1. The van der Waals surface area contributed by atoms with E-state index >= 15 is 0 Å². The lowest BCUT2D eigenvalue weighted by Crippen LogP contribution is -2.40. The van der Waals surface area contributed by atoms with Gasteiger partial charge in [0.05, 0.1) is 5.41 Å². The molecule has 0 aliphatic carbocycles. The lowest BCUT2D eigenvalue weighted by atomic mass is 9.88. The number of carboxylic acid groups (broad SMARTS) is 1. The molecule has 2 N–H and O–H groups in total. The fourth-order valence-corrected chi connectivity index (χ4v) is 2.55. The van der Waals surface area contributed by atoms with Crippen LogP contribution in [0.25, 0.3) is 0 Å². The predicted molar refractivity (Wildman–Crippen MR) is 85.4 cm³/mol. The summed E-state index contributed by atoms with van der Waals surface area (Å²) >= 11 is 1.72. The van der Waals surface area contributed by atoms with Gasteiger partial charge in [-0.1, -0.05) is 25.1 Å². The van der Waals surface area contributed by atoms with Crippen LogP contribution in [0.2, 0.25) is 0 Å². The highest BCUT2D eigenvalue weighted by Crippen LogP contribution is 2.20. The van der Waals surface area contributed by atoms with Gasteiger partial charge in [-0.3, -0.25) is 9.59 Å². The van der Waals surface area contributed by atoms with Crippen molar-refractivity contribution in [3.63, 3.8) is 0 Å². The lowest BCUT2D eigenvalue weighted by molar-refractivity contribution is -0.148. The van der Waals surface area contributed by atoms with E-state index in [-0.39, 0.29) is 12.5 Å². The van der Waals surface area contributed by atoms with Crippen molar-refractivity contribution in [3.8, 4) is 0 Å². The van der Waals surface area contributed by atoms with Gasteiger partial charge in [-0.2, -0.15) is 0 Å². The van der Waals surface area contributed by atoms with Crippen LogP contribution < -0.4 is 5.32 Å². The summed E-state index contributed by atoms with van der Waals surface area (Å²) < 4.78 is 0. The maximum Gasteiger partial charge on any atom is 0.311 e. The number of thioether (sulfide) groups is 1. The Morgan fingerprint density at radius 1 is 1.29 bits per heavy atom. The number of rotatable bonds is 9. The third-order valence-corrected chi connectivity index (χ3v) is 4.63. The van der Waals surface area contributed by atoms with E-state index in [4.69, 9.17) is 5.11 Å². The molecule has 0 spiro atoms. The molecule has 1 aromatic carbocycles. The van der Waals surface area contributed by atoms with E-state index in [0.29, 0.717) is 12.8 Å².